The Balaban J connectivity index is 1.95. The van der Waals surface area contributed by atoms with Gasteiger partial charge >= 0.3 is 0 Å². The van der Waals surface area contributed by atoms with Crippen molar-refractivity contribution in [2.75, 3.05) is 20.8 Å². The van der Waals surface area contributed by atoms with Gasteiger partial charge in [-0.1, -0.05) is 18.2 Å². The second-order valence-electron chi connectivity index (χ2n) is 6.22. The van der Waals surface area contributed by atoms with Crippen LogP contribution in [0.4, 0.5) is 0 Å². The topological polar surface area (TPSA) is 65.8 Å². The van der Waals surface area contributed by atoms with Gasteiger partial charge in [0.1, 0.15) is 12.4 Å². The van der Waals surface area contributed by atoms with E-state index >= 15 is 0 Å². The van der Waals surface area contributed by atoms with Crippen molar-refractivity contribution in [1.82, 2.24) is 9.97 Å². The van der Waals surface area contributed by atoms with Crippen LogP contribution in [0, 0.1) is 0 Å². The zero-order valence-electron chi connectivity index (χ0n) is 14.4. The molecule has 6 nitrogen and oxygen atoms in total. The van der Waals surface area contributed by atoms with E-state index in [-0.39, 0.29) is 5.54 Å². The zero-order valence-corrected chi connectivity index (χ0v) is 14.4. The monoisotopic (exact) mass is 327 g/mol. The fourth-order valence-corrected chi connectivity index (χ4v) is 2.51. The van der Waals surface area contributed by atoms with E-state index in [1.54, 1.807) is 20.3 Å². The van der Waals surface area contributed by atoms with Crippen LogP contribution in [-0.2, 0) is 11.2 Å². The van der Waals surface area contributed by atoms with E-state index in [1.165, 1.54) is 0 Å². The van der Waals surface area contributed by atoms with Crippen LogP contribution < -0.4 is 9.47 Å². The normalized spacial score (nSPS) is 15.6. The van der Waals surface area contributed by atoms with Crippen molar-refractivity contribution in [3.8, 4) is 11.8 Å². The van der Waals surface area contributed by atoms with Gasteiger partial charge in [-0.3, -0.25) is 0 Å². The molecule has 0 N–H and O–H groups in total. The Hall–Kier alpha value is -2.63. The molecule has 0 saturated heterocycles. The maximum atomic E-state index is 5.78. The number of methoxy groups -OCH3 is 2. The summed E-state index contributed by atoms with van der Waals surface area (Å²) >= 11 is 0. The van der Waals surface area contributed by atoms with Crippen LogP contribution in [-0.4, -0.2) is 42.2 Å². The Labute approximate surface area is 141 Å². The highest BCUT2D eigenvalue weighted by atomic mass is 16.5. The molecule has 1 aromatic heterocycles. The van der Waals surface area contributed by atoms with Gasteiger partial charge in [0, 0.05) is 12.0 Å². The van der Waals surface area contributed by atoms with Crippen LogP contribution in [0.5, 0.6) is 11.8 Å². The molecule has 0 amide bonds. The van der Waals surface area contributed by atoms with Gasteiger partial charge in [0.15, 0.2) is 0 Å². The van der Waals surface area contributed by atoms with Gasteiger partial charge in [0.2, 0.25) is 17.7 Å². The molecule has 0 saturated carbocycles. The summed E-state index contributed by atoms with van der Waals surface area (Å²) in [5.41, 5.74) is 1.82. The molecule has 6 heteroatoms. The summed E-state index contributed by atoms with van der Waals surface area (Å²) in [7, 11) is 3.14. The summed E-state index contributed by atoms with van der Waals surface area (Å²) in [5, 5.41) is 0. The lowest BCUT2D eigenvalue weighted by atomic mass is 10.0. The first-order chi connectivity index (χ1) is 11.5. The quantitative estimate of drug-likeness (QED) is 0.844. The Morgan fingerprint density at radius 3 is 2.33 bits per heavy atom. The molecule has 3 rings (SSSR count). The number of hydrogen-bond donors (Lipinski definition) is 0. The lowest BCUT2D eigenvalue weighted by Crippen LogP contribution is -2.17. The largest absolute Gasteiger partial charge is 0.481 e. The molecule has 1 aromatic carbocycles. The second kappa shape index (κ2) is 6.47. The first kappa shape index (κ1) is 16.2. The molecule has 0 unspecified atom stereocenters. The Kier molecular flexibility index (Phi) is 4.38. The maximum absolute atomic E-state index is 5.78. The van der Waals surface area contributed by atoms with Gasteiger partial charge in [-0.05, 0) is 25.5 Å². The highest BCUT2D eigenvalue weighted by Gasteiger charge is 2.28. The van der Waals surface area contributed by atoms with Crippen LogP contribution in [0.25, 0.3) is 0 Å². The third-order valence-corrected chi connectivity index (χ3v) is 3.71. The third kappa shape index (κ3) is 3.48. The van der Waals surface area contributed by atoms with Gasteiger partial charge in [0.05, 0.1) is 25.8 Å². The highest BCUT2D eigenvalue weighted by Crippen LogP contribution is 2.24. The van der Waals surface area contributed by atoms with E-state index in [4.69, 9.17) is 14.2 Å². The van der Waals surface area contributed by atoms with Crippen LogP contribution in [0.2, 0.25) is 0 Å². The molecule has 126 valence electrons. The third-order valence-electron chi connectivity index (χ3n) is 3.71. The van der Waals surface area contributed by atoms with Crippen molar-refractivity contribution < 1.29 is 14.2 Å². The van der Waals surface area contributed by atoms with E-state index in [9.17, 15) is 0 Å². The first-order valence-corrected chi connectivity index (χ1v) is 7.77. The van der Waals surface area contributed by atoms with Gasteiger partial charge < -0.3 is 14.2 Å². The van der Waals surface area contributed by atoms with Gasteiger partial charge in [0.25, 0.3) is 0 Å². The molecule has 0 spiro atoms. The number of benzene rings is 1. The second-order valence-corrected chi connectivity index (χ2v) is 6.22. The van der Waals surface area contributed by atoms with E-state index in [0.717, 1.165) is 11.1 Å². The van der Waals surface area contributed by atoms with Gasteiger partial charge in [-0.25, -0.2) is 4.99 Å². The minimum absolute atomic E-state index is 0.196. The molecule has 0 radical (unpaired) electrons. The molecule has 0 aliphatic carbocycles. The van der Waals surface area contributed by atoms with Crippen molar-refractivity contribution in [3.63, 3.8) is 0 Å². The molecule has 1 aliphatic heterocycles. The smallest absolute Gasteiger partial charge is 0.220 e. The van der Waals surface area contributed by atoms with Crippen molar-refractivity contribution >= 4 is 5.90 Å². The van der Waals surface area contributed by atoms with E-state index in [1.807, 2.05) is 24.3 Å². The number of aromatic nitrogens is 2. The van der Waals surface area contributed by atoms with E-state index in [2.05, 4.69) is 28.8 Å². The molecule has 0 atom stereocenters. The molecule has 2 aromatic rings. The Bertz CT molecular complexity index is 750. The number of rotatable bonds is 5. The fourth-order valence-electron chi connectivity index (χ4n) is 2.51. The lowest BCUT2D eigenvalue weighted by Gasteiger charge is -2.10. The van der Waals surface area contributed by atoms with E-state index < -0.39 is 0 Å². The molecular weight excluding hydrogens is 306 g/mol. The number of nitrogens with zero attached hydrogens (tertiary/aromatic N) is 3. The Morgan fingerprint density at radius 1 is 1.08 bits per heavy atom. The zero-order chi connectivity index (χ0) is 17.2. The average molecular weight is 327 g/mol. The lowest BCUT2D eigenvalue weighted by molar-refractivity contribution is 0.279. The number of ether oxygens (including phenoxy) is 3. The molecule has 0 bridgehead atoms. The van der Waals surface area contributed by atoms with E-state index in [0.29, 0.717) is 36.5 Å². The average Bonchev–Trinajstić information content (AvgIpc) is 2.94. The first-order valence-electron chi connectivity index (χ1n) is 7.77. The minimum Gasteiger partial charge on any atom is -0.481 e. The van der Waals surface area contributed by atoms with Gasteiger partial charge in [-0.2, -0.15) is 9.97 Å². The van der Waals surface area contributed by atoms with Crippen LogP contribution >= 0.6 is 0 Å². The molecule has 2 heterocycles. The van der Waals surface area contributed by atoms with Gasteiger partial charge in [-0.15, -0.1) is 0 Å². The number of aliphatic imine (C=N–C) groups is 1. The van der Waals surface area contributed by atoms with Crippen molar-refractivity contribution in [2.45, 2.75) is 25.8 Å². The fraction of sp³-hybridized carbons (Fsp3) is 0.389. The predicted molar refractivity (Wildman–Crippen MR) is 91.0 cm³/mol. The standard InChI is InChI=1S/C18H21N3O3/c1-18(2)11-24-17(21-18)13-8-6-5-7-12(13)9-14-19-15(22-3)10-16(20-14)23-4/h5-8,10H,9,11H2,1-4H3. The maximum Gasteiger partial charge on any atom is 0.220 e. The van der Waals surface area contributed by atoms with Crippen LogP contribution in [0.1, 0.15) is 30.8 Å². The highest BCUT2D eigenvalue weighted by molar-refractivity contribution is 5.96. The summed E-state index contributed by atoms with van der Waals surface area (Å²) in [6, 6.07) is 9.65. The molecular formula is C18H21N3O3. The summed E-state index contributed by atoms with van der Waals surface area (Å²) < 4.78 is 16.2. The molecule has 0 fully saturated rings. The van der Waals surface area contributed by atoms with Crippen LogP contribution in [0.3, 0.4) is 0 Å². The Morgan fingerprint density at radius 2 is 1.75 bits per heavy atom. The molecule has 24 heavy (non-hydrogen) atoms. The predicted octanol–water partition coefficient (Wildman–Crippen LogP) is 2.64. The van der Waals surface area contributed by atoms with Crippen LogP contribution in [0.15, 0.2) is 35.3 Å². The van der Waals surface area contributed by atoms with Crippen molar-refractivity contribution in [1.29, 1.82) is 0 Å². The molecule has 1 aliphatic rings. The number of hydrogen-bond acceptors (Lipinski definition) is 6. The summed E-state index contributed by atoms with van der Waals surface area (Å²) in [6.45, 7) is 4.69. The SMILES string of the molecule is COc1cc(OC)nc(Cc2ccccc2C2=NC(C)(C)CO2)n1. The van der Waals surface area contributed by atoms with Crippen molar-refractivity contribution in [2.24, 2.45) is 4.99 Å². The summed E-state index contributed by atoms with van der Waals surface area (Å²) in [5.74, 6) is 2.25. The minimum atomic E-state index is -0.196. The summed E-state index contributed by atoms with van der Waals surface area (Å²) in [4.78, 5) is 13.5. The summed E-state index contributed by atoms with van der Waals surface area (Å²) in [6.07, 6.45) is 0.534. The van der Waals surface area contributed by atoms with Crippen molar-refractivity contribution in [3.05, 3.63) is 47.3 Å².